The fourth-order valence-electron chi connectivity index (χ4n) is 2.28. The zero-order chi connectivity index (χ0) is 17.7. The van der Waals surface area contributed by atoms with Gasteiger partial charge in [-0.3, -0.25) is 0 Å². The van der Waals surface area contributed by atoms with Crippen LogP contribution in [0.25, 0.3) is 11.1 Å². The Bertz CT molecular complexity index is 720. The number of benzene rings is 2. The van der Waals surface area contributed by atoms with Crippen molar-refractivity contribution >= 4 is 11.6 Å². The maximum absolute atomic E-state index is 14.3. The highest BCUT2D eigenvalue weighted by Crippen LogP contribution is 2.37. The minimum absolute atomic E-state index is 0.120. The van der Waals surface area contributed by atoms with Crippen LogP contribution in [0.4, 0.5) is 13.2 Å². The molecule has 0 heterocycles. The predicted molar refractivity (Wildman–Crippen MR) is 88.3 cm³/mol. The summed E-state index contributed by atoms with van der Waals surface area (Å²) in [5, 5.41) is -0.283. The first-order valence-corrected chi connectivity index (χ1v) is 8.02. The molecule has 0 saturated carbocycles. The third-order valence-corrected chi connectivity index (χ3v) is 3.96. The molecule has 0 aliphatic carbocycles. The first kappa shape index (κ1) is 18.5. The lowest BCUT2D eigenvalue weighted by atomic mass is 10.0. The minimum Gasteiger partial charge on any atom is -0.495 e. The third kappa shape index (κ3) is 3.78. The summed E-state index contributed by atoms with van der Waals surface area (Å²) in [7, 11) is 1.34. The summed E-state index contributed by atoms with van der Waals surface area (Å²) in [6.07, 6.45) is 2.69. The number of rotatable bonds is 7. The van der Waals surface area contributed by atoms with E-state index in [1.807, 2.05) is 6.92 Å². The van der Waals surface area contributed by atoms with E-state index in [1.165, 1.54) is 31.4 Å². The van der Waals surface area contributed by atoms with Crippen molar-refractivity contribution in [1.29, 1.82) is 0 Å². The van der Waals surface area contributed by atoms with Gasteiger partial charge in [0.25, 0.3) is 0 Å². The van der Waals surface area contributed by atoms with Crippen molar-refractivity contribution in [3.8, 4) is 22.6 Å². The molecule has 0 atom stereocenters. The molecule has 0 aromatic heterocycles. The molecule has 0 amide bonds. The molecule has 0 spiro atoms. The summed E-state index contributed by atoms with van der Waals surface area (Å²) in [6, 6.07) is 5.25. The van der Waals surface area contributed by atoms with Gasteiger partial charge in [0.1, 0.15) is 10.8 Å². The Hall–Kier alpha value is -1.88. The molecule has 0 fully saturated rings. The number of hydrogen-bond acceptors (Lipinski definition) is 2. The van der Waals surface area contributed by atoms with Gasteiger partial charge in [-0.1, -0.05) is 31.4 Å². The summed E-state index contributed by atoms with van der Waals surface area (Å²) in [6.45, 7) is 2.33. The van der Waals surface area contributed by atoms with Crippen molar-refractivity contribution < 1.29 is 22.6 Å². The van der Waals surface area contributed by atoms with E-state index in [-0.39, 0.29) is 27.6 Å². The summed E-state index contributed by atoms with van der Waals surface area (Å²) < 4.78 is 52.9. The van der Waals surface area contributed by atoms with Crippen LogP contribution in [0, 0.1) is 17.5 Å². The van der Waals surface area contributed by atoms with Crippen molar-refractivity contribution in [2.75, 3.05) is 13.7 Å². The second-order valence-corrected chi connectivity index (χ2v) is 5.62. The van der Waals surface area contributed by atoms with E-state index in [0.29, 0.717) is 6.61 Å². The molecule has 0 saturated heterocycles. The lowest BCUT2D eigenvalue weighted by Crippen LogP contribution is -2.02. The molecular formula is C18H18ClF3O2. The van der Waals surface area contributed by atoms with Gasteiger partial charge in [-0.05, 0) is 30.7 Å². The molecule has 0 bridgehead atoms. The number of halogens is 4. The average molecular weight is 359 g/mol. The van der Waals surface area contributed by atoms with Gasteiger partial charge in [0.15, 0.2) is 17.4 Å². The Morgan fingerprint density at radius 1 is 0.875 bits per heavy atom. The molecule has 0 unspecified atom stereocenters. The van der Waals surface area contributed by atoms with Crippen LogP contribution in [-0.2, 0) is 0 Å². The van der Waals surface area contributed by atoms with E-state index in [4.69, 9.17) is 21.1 Å². The van der Waals surface area contributed by atoms with Gasteiger partial charge in [-0.15, -0.1) is 0 Å². The van der Waals surface area contributed by atoms with Crippen LogP contribution in [-0.4, -0.2) is 13.7 Å². The predicted octanol–water partition coefficient (Wildman–Crippen LogP) is 6.00. The molecule has 2 aromatic rings. The Morgan fingerprint density at radius 2 is 1.50 bits per heavy atom. The molecule has 2 nitrogen and oxygen atoms in total. The standard InChI is InChI=1S/C18H18ClF3O2/c1-3-4-5-10-24-14-9-7-12(17(21)18(14)22)11-6-8-13(23-2)15(19)16(11)20/h6-9H,3-5,10H2,1-2H3. The Morgan fingerprint density at radius 3 is 2.12 bits per heavy atom. The third-order valence-electron chi connectivity index (χ3n) is 3.61. The summed E-state index contributed by atoms with van der Waals surface area (Å²) >= 11 is 5.83. The lowest BCUT2D eigenvalue weighted by Gasteiger charge is -2.12. The zero-order valence-electron chi connectivity index (χ0n) is 13.5. The summed E-state index contributed by atoms with van der Waals surface area (Å²) in [5.41, 5.74) is -0.370. The van der Waals surface area contributed by atoms with Crippen molar-refractivity contribution in [3.05, 3.63) is 46.7 Å². The second-order valence-electron chi connectivity index (χ2n) is 5.24. The van der Waals surface area contributed by atoms with Gasteiger partial charge < -0.3 is 9.47 Å². The largest absolute Gasteiger partial charge is 0.495 e. The lowest BCUT2D eigenvalue weighted by molar-refractivity contribution is 0.286. The molecule has 0 N–H and O–H groups in total. The fraction of sp³-hybridized carbons (Fsp3) is 0.333. The van der Waals surface area contributed by atoms with E-state index in [1.54, 1.807) is 0 Å². The first-order valence-electron chi connectivity index (χ1n) is 7.64. The topological polar surface area (TPSA) is 18.5 Å². The van der Waals surface area contributed by atoms with E-state index >= 15 is 0 Å². The second kappa shape index (κ2) is 8.29. The van der Waals surface area contributed by atoms with Crippen LogP contribution in [0.5, 0.6) is 11.5 Å². The van der Waals surface area contributed by atoms with Crippen molar-refractivity contribution in [2.45, 2.75) is 26.2 Å². The van der Waals surface area contributed by atoms with Gasteiger partial charge in [0, 0.05) is 11.1 Å². The number of methoxy groups -OCH3 is 1. The molecule has 24 heavy (non-hydrogen) atoms. The van der Waals surface area contributed by atoms with Gasteiger partial charge >= 0.3 is 0 Å². The van der Waals surface area contributed by atoms with Gasteiger partial charge in [0.2, 0.25) is 5.82 Å². The molecule has 2 rings (SSSR count). The van der Waals surface area contributed by atoms with E-state index in [9.17, 15) is 13.2 Å². The highest BCUT2D eigenvalue weighted by Gasteiger charge is 2.20. The average Bonchev–Trinajstić information content (AvgIpc) is 2.58. The summed E-state index contributed by atoms with van der Waals surface area (Å²) in [5.74, 6) is -3.26. The Balaban J connectivity index is 2.33. The highest BCUT2D eigenvalue weighted by molar-refractivity contribution is 6.32. The molecule has 0 radical (unpaired) electrons. The molecule has 0 aliphatic rings. The van der Waals surface area contributed by atoms with Gasteiger partial charge in [-0.25, -0.2) is 8.78 Å². The van der Waals surface area contributed by atoms with Gasteiger partial charge in [-0.2, -0.15) is 4.39 Å². The number of hydrogen-bond donors (Lipinski definition) is 0. The van der Waals surface area contributed by atoms with Crippen molar-refractivity contribution in [1.82, 2.24) is 0 Å². The highest BCUT2D eigenvalue weighted by atomic mass is 35.5. The maximum atomic E-state index is 14.3. The van der Waals surface area contributed by atoms with Crippen LogP contribution in [0.15, 0.2) is 24.3 Å². The minimum atomic E-state index is -1.18. The van der Waals surface area contributed by atoms with Crippen LogP contribution >= 0.6 is 11.6 Å². The zero-order valence-corrected chi connectivity index (χ0v) is 14.2. The quantitative estimate of drug-likeness (QED) is 0.565. The Kier molecular flexibility index (Phi) is 6.37. The van der Waals surface area contributed by atoms with Crippen LogP contribution in [0.3, 0.4) is 0 Å². The van der Waals surface area contributed by atoms with Crippen molar-refractivity contribution in [3.63, 3.8) is 0 Å². The maximum Gasteiger partial charge on any atom is 0.201 e. The van der Waals surface area contributed by atoms with E-state index < -0.39 is 17.5 Å². The molecule has 0 aliphatic heterocycles. The smallest absolute Gasteiger partial charge is 0.201 e. The van der Waals surface area contributed by atoms with Crippen LogP contribution in [0.1, 0.15) is 26.2 Å². The van der Waals surface area contributed by atoms with E-state index in [2.05, 4.69) is 0 Å². The molecule has 2 aromatic carbocycles. The van der Waals surface area contributed by atoms with Crippen LogP contribution < -0.4 is 9.47 Å². The molecule has 130 valence electrons. The number of ether oxygens (including phenoxy) is 2. The molecular weight excluding hydrogens is 341 g/mol. The van der Waals surface area contributed by atoms with E-state index in [0.717, 1.165) is 19.3 Å². The van der Waals surface area contributed by atoms with Crippen LogP contribution in [0.2, 0.25) is 5.02 Å². The van der Waals surface area contributed by atoms with Crippen molar-refractivity contribution in [2.24, 2.45) is 0 Å². The number of unbranched alkanes of at least 4 members (excludes halogenated alkanes) is 2. The first-order chi connectivity index (χ1) is 11.5. The monoisotopic (exact) mass is 358 g/mol. The molecule has 6 heteroatoms. The fourth-order valence-corrected chi connectivity index (χ4v) is 2.52. The Labute approximate surface area is 144 Å². The SMILES string of the molecule is CCCCCOc1ccc(-c2ccc(OC)c(Cl)c2F)c(F)c1F. The normalized spacial score (nSPS) is 10.8. The van der Waals surface area contributed by atoms with Gasteiger partial charge in [0.05, 0.1) is 13.7 Å². The summed E-state index contributed by atoms with van der Waals surface area (Å²) in [4.78, 5) is 0.